The van der Waals surface area contributed by atoms with E-state index in [0.29, 0.717) is 21.9 Å². The van der Waals surface area contributed by atoms with E-state index >= 15 is 0 Å². The van der Waals surface area contributed by atoms with E-state index in [9.17, 15) is 9.18 Å². The number of hydrogen-bond acceptors (Lipinski definition) is 5. The molecule has 0 aliphatic carbocycles. The van der Waals surface area contributed by atoms with Crippen molar-refractivity contribution in [1.82, 2.24) is 19.7 Å². The molecule has 2 aromatic heterocycles. The Morgan fingerprint density at radius 1 is 1.08 bits per heavy atom. The van der Waals surface area contributed by atoms with Crippen LogP contribution in [0.4, 0.5) is 4.39 Å². The maximum Gasteiger partial charge on any atom is 0.282 e. The van der Waals surface area contributed by atoms with Gasteiger partial charge in [0.2, 0.25) is 0 Å². The predicted octanol–water partition coefficient (Wildman–Crippen LogP) is 2.99. The molecular weight excluding hydrogens is 335 g/mol. The summed E-state index contributed by atoms with van der Waals surface area (Å²) in [6, 6.07) is 11.6. The number of ether oxygens (including phenoxy) is 1. The molecule has 0 aliphatic rings. The Balaban J connectivity index is 1.87. The summed E-state index contributed by atoms with van der Waals surface area (Å²) in [5, 5.41) is 5.17. The standard InChI is InChI=1S/C19H13FN4O2/c1-26-16-5-2-4-14(17(16)20)12-6-7-15-13(10-12)11-23-24(18(15)25)19-21-8-3-9-22-19/h2-11H,1H3. The van der Waals surface area contributed by atoms with Crippen molar-refractivity contribution in [1.29, 1.82) is 0 Å². The molecule has 0 unspecified atom stereocenters. The minimum absolute atomic E-state index is 0.164. The Hall–Kier alpha value is -3.61. The molecule has 0 fully saturated rings. The van der Waals surface area contributed by atoms with Gasteiger partial charge in [-0.15, -0.1) is 0 Å². The molecule has 0 amide bonds. The zero-order valence-electron chi connectivity index (χ0n) is 13.8. The summed E-state index contributed by atoms with van der Waals surface area (Å²) in [6.07, 6.45) is 4.61. The lowest BCUT2D eigenvalue weighted by Crippen LogP contribution is -2.22. The van der Waals surface area contributed by atoms with Crippen molar-refractivity contribution in [2.75, 3.05) is 7.11 Å². The zero-order valence-corrected chi connectivity index (χ0v) is 13.8. The third-order valence-corrected chi connectivity index (χ3v) is 4.02. The van der Waals surface area contributed by atoms with Crippen LogP contribution in [0.25, 0.3) is 27.8 Å². The molecule has 128 valence electrons. The fourth-order valence-electron chi connectivity index (χ4n) is 2.75. The fourth-order valence-corrected chi connectivity index (χ4v) is 2.75. The molecule has 2 heterocycles. The molecule has 4 rings (SSSR count). The van der Waals surface area contributed by atoms with Gasteiger partial charge in [-0.05, 0) is 29.8 Å². The summed E-state index contributed by atoms with van der Waals surface area (Å²) < 4.78 is 20.7. The topological polar surface area (TPSA) is 69.9 Å². The second-order valence-electron chi connectivity index (χ2n) is 5.53. The van der Waals surface area contributed by atoms with Crippen LogP contribution in [0.1, 0.15) is 0 Å². The molecule has 6 nitrogen and oxygen atoms in total. The summed E-state index contributed by atoms with van der Waals surface area (Å²) in [4.78, 5) is 20.7. The van der Waals surface area contributed by atoms with Gasteiger partial charge in [0, 0.05) is 23.3 Å². The highest BCUT2D eigenvalue weighted by Gasteiger charge is 2.13. The minimum Gasteiger partial charge on any atom is -0.494 e. The van der Waals surface area contributed by atoms with Crippen LogP contribution in [-0.2, 0) is 0 Å². The number of hydrogen-bond donors (Lipinski definition) is 0. The number of halogens is 1. The van der Waals surface area contributed by atoms with Crippen molar-refractivity contribution < 1.29 is 9.13 Å². The lowest BCUT2D eigenvalue weighted by atomic mass is 10.0. The SMILES string of the molecule is COc1cccc(-c2ccc3c(=O)n(-c4ncccn4)ncc3c2)c1F. The highest BCUT2D eigenvalue weighted by molar-refractivity contribution is 5.86. The summed E-state index contributed by atoms with van der Waals surface area (Å²) in [5.41, 5.74) is 0.678. The van der Waals surface area contributed by atoms with E-state index in [4.69, 9.17) is 4.74 Å². The van der Waals surface area contributed by atoms with Gasteiger partial charge in [0.15, 0.2) is 11.6 Å². The highest BCUT2D eigenvalue weighted by atomic mass is 19.1. The van der Waals surface area contributed by atoms with Crippen LogP contribution >= 0.6 is 0 Å². The van der Waals surface area contributed by atoms with Gasteiger partial charge in [0.25, 0.3) is 11.5 Å². The van der Waals surface area contributed by atoms with Crippen LogP contribution in [-0.4, -0.2) is 26.9 Å². The second kappa shape index (κ2) is 6.36. The van der Waals surface area contributed by atoms with E-state index in [1.54, 1.807) is 42.5 Å². The average Bonchev–Trinajstić information content (AvgIpc) is 2.69. The first-order chi connectivity index (χ1) is 12.7. The molecule has 0 N–H and O–H groups in total. The largest absolute Gasteiger partial charge is 0.494 e. The van der Waals surface area contributed by atoms with Gasteiger partial charge in [-0.1, -0.05) is 18.2 Å². The molecule has 0 bridgehead atoms. The summed E-state index contributed by atoms with van der Waals surface area (Å²) in [5.74, 6) is -0.0898. The molecule has 0 atom stereocenters. The van der Waals surface area contributed by atoms with Crippen LogP contribution in [0, 0.1) is 5.82 Å². The Kier molecular flexibility index (Phi) is 3.89. The predicted molar refractivity (Wildman–Crippen MR) is 94.9 cm³/mol. The van der Waals surface area contributed by atoms with Crippen molar-refractivity contribution in [3.8, 4) is 22.8 Å². The lowest BCUT2D eigenvalue weighted by Gasteiger charge is -2.09. The number of nitrogens with zero attached hydrogens (tertiary/aromatic N) is 4. The van der Waals surface area contributed by atoms with Crippen molar-refractivity contribution in [3.63, 3.8) is 0 Å². The Morgan fingerprint density at radius 3 is 2.65 bits per heavy atom. The van der Waals surface area contributed by atoms with E-state index in [1.807, 2.05) is 0 Å². The van der Waals surface area contributed by atoms with E-state index in [0.717, 1.165) is 4.68 Å². The van der Waals surface area contributed by atoms with Crippen molar-refractivity contribution in [2.45, 2.75) is 0 Å². The molecule has 2 aromatic carbocycles. The zero-order chi connectivity index (χ0) is 18.1. The molecule has 0 radical (unpaired) electrons. The Bertz CT molecular complexity index is 1160. The Morgan fingerprint density at radius 2 is 1.88 bits per heavy atom. The van der Waals surface area contributed by atoms with Crippen LogP contribution < -0.4 is 10.3 Å². The van der Waals surface area contributed by atoms with Gasteiger partial charge in [0.1, 0.15) is 0 Å². The van der Waals surface area contributed by atoms with Gasteiger partial charge >= 0.3 is 0 Å². The number of rotatable bonds is 3. The average molecular weight is 348 g/mol. The second-order valence-corrected chi connectivity index (χ2v) is 5.53. The van der Waals surface area contributed by atoms with E-state index < -0.39 is 5.82 Å². The van der Waals surface area contributed by atoms with Crippen molar-refractivity contribution >= 4 is 10.8 Å². The van der Waals surface area contributed by atoms with Gasteiger partial charge in [-0.25, -0.2) is 14.4 Å². The van der Waals surface area contributed by atoms with Gasteiger partial charge in [-0.2, -0.15) is 9.78 Å². The molecule has 0 saturated carbocycles. The highest BCUT2D eigenvalue weighted by Crippen LogP contribution is 2.30. The number of aromatic nitrogens is 4. The first-order valence-corrected chi connectivity index (χ1v) is 7.81. The normalized spacial score (nSPS) is 10.8. The van der Waals surface area contributed by atoms with Crippen molar-refractivity contribution in [3.05, 3.63) is 77.2 Å². The summed E-state index contributed by atoms with van der Waals surface area (Å²) in [6.45, 7) is 0. The van der Waals surface area contributed by atoms with Crippen LogP contribution in [0.3, 0.4) is 0 Å². The number of benzene rings is 2. The lowest BCUT2D eigenvalue weighted by molar-refractivity contribution is 0.387. The molecule has 4 aromatic rings. The van der Waals surface area contributed by atoms with Crippen LogP contribution in [0.15, 0.2) is 65.8 Å². The summed E-state index contributed by atoms with van der Waals surface area (Å²) >= 11 is 0. The quantitative estimate of drug-likeness (QED) is 0.569. The van der Waals surface area contributed by atoms with Crippen molar-refractivity contribution in [2.24, 2.45) is 0 Å². The molecule has 26 heavy (non-hydrogen) atoms. The van der Waals surface area contributed by atoms with Crippen LogP contribution in [0.2, 0.25) is 0 Å². The third kappa shape index (κ3) is 2.59. The monoisotopic (exact) mass is 348 g/mol. The van der Waals surface area contributed by atoms with E-state index in [-0.39, 0.29) is 17.3 Å². The minimum atomic E-state index is -0.451. The maximum absolute atomic E-state index is 14.5. The molecule has 0 spiro atoms. The molecule has 0 aliphatic heterocycles. The molecular formula is C19H13FN4O2. The Labute approximate surface area is 147 Å². The molecule has 0 saturated heterocycles. The maximum atomic E-state index is 14.5. The first kappa shape index (κ1) is 15.9. The van der Waals surface area contributed by atoms with Crippen LogP contribution in [0.5, 0.6) is 5.75 Å². The number of methoxy groups -OCH3 is 1. The first-order valence-electron chi connectivity index (χ1n) is 7.81. The van der Waals surface area contributed by atoms with Gasteiger partial charge < -0.3 is 4.74 Å². The van der Waals surface area contributed by atoms with E-state index in [1.165, 1.54) is 25.7 Å². The fraction of sp³-hybridized carbons (Fsp3) is 0.0526. The molecule has 7 heteroatoms. The van der Waals surface area contributed by atoms with Gasteiger partial charge in [0.05, 0.1) is 18.7 Å². The summed E-state index contributed by atoms with van der Waals surface area (Å²) in [7, 11) is 1.42. The number of fused-ring (bicyclic) bond motifs is 1. The third-order valence-electron chi connectivity index (χ3n) is 4.02. The van der Waals surface area contributed by atoms with E-state index in [2.05, 4.69) is 15.1 Å². The van der Waals surface area contributed by atoms with Gasteiger partial charge in [-0.3, -0.25) is 4.79 Å². The smallest absolute Gasteiger partial charge is 0.282 e.